The van der Waals surface area contributed by atoms with Crippen molar-refractivity contribution in [3.63, 3.8) is 0 Å². The normalized spacial score (nSPS) is 37.9. The van der Waals surface area contributed by atoms with Crippen LogP contribution in [-0.4, -0.2) is 19.5 Å². The Kier molecular flexibility index (Phi) is 7.15. The van der Waals surface area contributed by atoms with Crippen molar-refractivity contribution in [2.75, 3.05) is 13.2 Å². The molecule has 1 aliphatic heterocycles. The zero-order valence-corrected chi connectivity index (χ0v) is 15.4. The van der Waals surface area contributed by atoms with Crippen molar-refractivity contribution in [2.45, 2.75) is 83.8 Å². The van der Waals surface area contributed by atoms with Crippen LogP contribution in [0.3, 0.4) is 0 Å². The molecule has 0 aromatic heterocycles. The second-order valence-electron chi connectivity index (χ2n) is 8.26. The molecule has 0 spiro atoms. The van der Waals surface area contributed by atoms with Gasteiger partial charge in [-0.25, -0.2) is 4.39 Å². The lowest BCUT2D eigenvalue weighted by Crippen LogP contribution is -2.39. The van der Waals surface area contributed by atoms with E-state index in [1.807, 2.05) is 6.08 Å². The molecule has 1 atom stereocenters. The van der Waals surface area contributed by atoms with Crippen molar-refractivity contribution in [2.24, 2.45) is 23.7 Å². The quantitative estimate of drug-likeness (QED) is 0.552. The number of ether oxygens (including phenoxy) is 2. The predicted molar refractivity (Wildman–Crippen MR) is 95.3 cm³/mol. The van der Waals surface area contributed by atoms with Gasteiger partial charge in [0.2, 0.25) is 0 Å². The predicted octanol–water partition coefficient (Wildman–Crippen LogP) is 6.02. The molecule has 24 heavy (non-hydrogen) atoms. The third kappa shape index (κ3) is 5.05. The molecule has 0 amide bonds. The van der Waals surface area contributed by atoms with E-state index in [2.05, 4.69) is 6.92 Å². The lowest BCUT2D eigenvalue weighted by atomic mass is 9.72. The van der Waals surface area contributed by atoms with Crippen LogP contribution in [0.5, 0.6) is 0 Å². The summed E-state index contributed by atoms with van der Waals surface area (Å²) >= 11 is 0. The third-order valence-electron chi connectivity index (χ3n) is 6.47. The Morgan fingerprint density at radius 2 is 1.67 bits per heavy atom. The summed E-state index contributed by atoms with van der Waals surface area (Å²) in [6.45, 7) is 4.03. The Labute approximate surface area is 147 Å². The topological polar surface area (TPSA) is 18.5 Å². The molecule has 1 saturated carbocycles. The number of halogens is 1. The van der Waals surface area contributed by atoms with Gasteiger partial charge in [-0.2, -0.15) is 0 Å². The molecule has 1 heterocycles. The molecule has 3 aliphatic rings. The fourth-order valence-electron chi connectivity index (χ4n) is 4.82. The SMILES string of the molecule is CCCCCC1COC(C2CCC(C3CC=C(F)CC3)CC2)OC1. The van der Waals surface area contributed by atoms with Crippen molar-refractivity contribution in [1.82, 2.24) is 0 Å². The van der Waals surface area contributed by atoms with E-state index in [0.717, 1.165) is 32.0 Å². The molecular formula is C21H35FO2. The van der Waals surface area contributed by atoms with E-state index < -0.39 is 0 Å². The Morgan fingerprint density at radius 3 is 2.29 bits per heavy atom. The highest BCUT2D eigenvalue weighted by Gasteiger charge is 2.34. The van der Waals surface area contributed by atoms with Crippen molar-refractivity contribution < 1.29 is 13.9 Å². The molecule has 1 saturated heterocycles. The molecule has 2 fully saturated rings. The molecule has 3 rings (SSSR count). The van der Waals surface area contributed by atoms with Gasteiger partial charge in [-0.3, -0.25) is 0 Å². The molecule has 138 valence electrons. The first-order chi connectivity index (χ1) is 11.8. The van der Waals surface area contributed by atoms with Crippen LogP contribution in [0.2, 0.25) is 0 Å². The number of allylic oxidation sites excluding steroid dienone is 2. The first-order valence-corrected chi connectivity index (χ1v) is 10.3. The van der Waals surface area contributed by atoms with Crippen LogP contribution in [-0.2, 0) is 9.47 Å². The van der Waals surface area contributed by atoms with Gasteiger partial charge < -0.3 is 9.47 Å². The minimum absolute atomic E-state index is 0.0390. The van der Waals surface area contributed by atoms with E-state index in [1.54, 1.807) is 0 Å². The van der Waals surface area contributed by atoms with E-state index in [1.165, 1.54) is 51.4 Å². The minimum Gasteiger partial charge on any atom is -0.352 e. The first kappa shape index (κ1) is 18.4. The number of rotatable bonds is 6. The highest BCUT2D eigenvalue weighted by molar-refractivity contribution is 4.99. The second-order valence-corrected chi connectivity index (χ2v) is 8.26. The maximum Gasteiger partial charge on any atom is 0.160 e. The fourth-order valence-corrected chi connectivity index (χ4v) is 4.82. The second kappa shape index (κ2) is 9.33. The molecule has 0 aromatic carbocycles. The average Bonchev–Trinajstić information content (AvgIpc) is 2.63. The molecule has 2 nitrogen and oxygen atoms in total. The Morgan fingerprint density at radius 1 is 0.958 bits per heavy atom. The van der Waals surface area contributed by atoms with E-state index in [4.69, 9.17) is 9.47 Å². The van der Waals surface area contributed by atoms with Gasteiger partial charge in [-0.05, 0) is 63.2 Å². The summed E-state index contributed by atoms with van der Waals surface area (Å²) in [7, 11) is 0. The fraction of sp³-hybridized carbons (Fsp3) is 0.905. The molecule has 0 N–H and O–H groups in total. The minimum atomic E-state index is 0.0390. The van der Waals surface area contributed by atoms with Crippen LogP contribution in [0.1, 0.15) is 77.6 Å². The summed E-state index contributed by atoms with van der Waals surface area (Å²) in [6, 6.07) is 0. The van der Waals surface area contributed by atoms with Crippen LogP contribution in [0.25, 0.3) is 0 Å². The Hall–Kier alpha value is -0.410. The largest absolute Gasteiger partial charge is 0.352 e. The van der Waals surface area contributed by atoms with Crippen LogP contribution in [0, 0.1) is 23.7 Å². The van der Waals surface area contributed by atoms with Gasteiger partial charge in [-0.15, -0.1) is 0 Å². The molecule has 1 unspecified atom stereocenters. The van der Waals surface area contributed by atoms with Gasteiger partial charge in [-0.1, -0.05) is 32.3 Å². The summed E-state index contributed by atoms with van der Waals surface area (Å²) in [5, 5.41) is 0. The molecule has 0 radical (unpaired) electrons. The summed E-state index contributed by atoms with van der Waals surface area (Å²) in [4.78, 5) is 0. The molecular weight excluding hydrogens is 303 g/mol. The highest BCUT2D eigenvalue weighted by Crippen LogP contribution is 2.41. The highest BCUT2D eigenvalue weighted by atomic mass is 19.1. The number of unbranched alkanes of at least 4 members (excludes halogenated alkanes) is 2. The van der Waals surface area contributed by atoms with Gasteiger partial charge in [0.15, 0.2) is 6.29 Å². The lowest BCUT2D eigenvalue weighted by molar-refractivity contribution is -0.230. The van der Waals surface area contributed by atoms with Crippen molar-refractivity contribution >= 4 is 0 Å². The van der Waals surface area contributed by atoms with Crippen LogP contribution >= 0.6 is 0 Å². The zero-order valence-electron chi connectivity index (χ0n) is 15.4. The van der Waals surface area contributed by atoms with Crippen LogP contribution in [0.4, 0.5) is 4.39 Å². The van der Waals surface area contributed by atoms with Crippen molar-refractivity contribution in [1.29, 1.82) is 0 Å². The average molecular weight is 339 g/mol. The summed E-state index contributed by atoms with van der Waals surface area (Å²) in [6.07, 6.45) is 14.7. The van der Waals surface area contributed by atoms with E-state index in [-0.39, 0.29) is 12.1 Å². The van der Waals surface area contributed by atoms with E-state index in [0.29, 0.717) is 24.2 Å². The standard InChI is InChI=1S/C21H35FO2/c1-2-3-4-5-16-14-23-21(24-15-16)19-8-6-17(7-9-19)18-10-12-20(22)13-11-18/h12,16-19,21H,2-11,13-15H2,1H3. The zero-order chi connectivity index (χ0) is 16.8. The monoisotopic (exact) mass is 338 g/mol. The van der Waals surface area contributed by atoms with Gasteiger partial charge in [0, 0.05) is 11.8 Å². The molecule has 0 bridgehead atoms. The van der Waals surface area contributed by atoms with Crippen LogP contribution in [0.15, 0.2) is 11.9 Å². The summed E-state index contributed by atoms with van der Waals surface area (Å²) in [5.74, 6) is 2.79. The van der Waals surface area contributed by atoms with Gasteiger partial charge in [0.05, 0.1) is 19.0 Å². The Balaban J connectivity index is 1.35. The number of hydrogen-bond donors (Lipinski definition) is 0. The molecule has 2 aliphatic carbocycles. The molecule has 0 aromatic rings. The smallest absolute Gasteiger partial charge is 0.160 e. The van der Waals surface area contributed by atoms with Gasteiger partial charge >= 0.3 is 0 Å². The van der Waals surface area contributed by atoms with Gasteiger partial charge in [0.1, 0.15) is 0 Å². The molecule has 3 heteroatoms. The Bertz CT molecular complexity index is 393. The maximum atomic E-state index is 13.2. The maximum absolute atomic E-state index is 13.2. The lowest BCUT2D eigenvalue weighted by Gasteiger charge is -2.39. The van der Waals surface area contributed by atoms with E-state index in [9.17, 15) is 4.39 Å². The van der Waals surface area contributed by atoms with E-state index >= 15 is 0 Å². The van der Waals surface area contributed by atoms with Crippen molar-refractivity contribution in [3.05, 3.63) is 11.9 Å². The summed E-state index contributed by atoms with van der Waals surface area (Å²) < 4.78 is 25.3. The summed E-state index contributed by atoms with van der Waals surface area (Å²) in [5.41, 5.74) is 0. The van der Waals surface area contributed by atoms with Crippen LogP contribution < -0.4 is 0 Å². The number of hydrogen-bond acceptors (Lipinski definition) is 2. The van der Waals surface area contributed by atoms with Crippen molar-refractivity contribution in [3.8, 4) is 0 Å². The van der Waals surface area contributed by atoms with Gasteiger partial charge in [0.25, 0.3) is 0 Å². The third-order valence-corrected chi connectivity index (χ3v) is 6.47. The first-order valence-electron chi connectivity index (χ1n) is 10.3.